The van der Waals surface area contributed by atoms with E-state index in [1.165, 1.54) is 0 Å². The molecule has 0 aliphatic carbocycles. The van der Waals surface area contributed by atoms with Gasteiger partial charge in [0.1, 0.15) is 0 Å². The number of hydrogen-bond donors (Lipinski definition) is 1. The van der Waals surface area contributed by atoms with Crippen molar-refractivity contribution in [3.05, 3.63) is 48.5 Å². The topological polar surface area (TPSA) is 81.3 Å². The first-order chi connectivity index (χ1) is 12.5. The Bertz CT molecular complexity index is 1010. The number of hydrogen-bond acceptors (Lipinski definition) is 5. The van der Waals surface area contributed by atoms with Gasteiger partial charge >= 0.3 is 10.1 Å². The van der Waals surface area contributed by atoms with E-state index in [4.69, 9.17) is 8.92 Å². The van der Waals surface area contributed by atoms with E-state index in [9.17, 15) is 8.42 Å². The van der Waals surface area contributed by atoms with Crippen molar-refractivity contribution < 1.29 is 17.3 Å². The molecule has 1 aromatic heterocycles. The van der Waals surface area contributed by atoms with Gasteiger partial charge in [-0.3, -0.25) is 4.18 Å². The highest BCUT2D eigenvalue weighted by atomic mass is 32.2. The molecule has 6 nitrogen and oxygen atoms in total. The molecule has 1 aliphatic heterocycles. The summed E-state index contributed by atoms with van der Waals surface area (Å²) in [5, 5.41) is -0.159. The van der Waals surface area contributed by atoms with Crippen LogP contribution in [0.15, 0.2) is 53.7 Å². The zero-order valence-corrected chi connectivity index (χ0v) is 15.2. The second-order valence-corrected chi connectivity index (χ2v) is 8.15. The third-order valence-electron chi connectivity index (χ3n) is 4.77. The van der Waals surface area contributed by atoms with E-state index in [1.54, 1.807) is 0 Å². The van der Waals surface area contributed by atoms with Crippen molar-refractivity contribution in [1.82, 2.24) is 9.97 Å². The molecule has 0 bridgehead atoms. The summed E-state index contributed by atoms with van der Waals surface area (Å²) < 4.78 is 35.4. The van der Waals surface area contributed by atoms with Gasteiger partial charge in [0.05, 0.1) is 30.9 Å². The van der Waals surface area contributed by atoms with Gasteiger partial charge in [-0.25, -0.2) is 4.98 Å². The molecule has 1 N–H and O–H groups in total. The number of H-pyrrole nitrogens is 1. The lowest BCUT2D eigenvalue weighted by atomic mass is 9.94. The predicted octanol–water partition coefficient (Wildman–Crippen LogP) is 3.22. The molecule has 26 heavy (non-hydrogen) atoms. The highest BCUT2D eigenvalue weighted by molar-refractivity contribution is 7.86. The molecule has 0 spiro atoms. The third-order valence-corrected chi connectivity index (χ3v) is 5.88. The normalized spacial score (nSPS) is 16.5. The summed E-state index contributed by atoms with van der Waals surface area (Å²) in [4.78, 5) is 7.20. The van der Waals surface area contributed by atoms with Crippen LogP contribution in [0.3, 0.4) is 0 Å². The van der Waals surface area contributed by atoms with E-state index in [0.29, 0.717) is 30.2 Å². The first-order valence-corrected chi connectivity index (χ1v) is 9.97. The van der Waals surface area contributed by atoms with Gasteiger partial charge < -0.3 is 9.72 Å². The molecule has 2 heterocycles. The molecule has 0 radical (unpaired) electrons. The molecule has 3 aromatic rings. The summed E-state index contributed by atoms with van der Waals surface area (Å²) in [5.41, 5.74) is 3.13. The molecule has 1 aliphatic rings. The number of nitrogens with zero attached hydrogens (tertiary/aromatic N) is 1. The summed E-state index contributed by atoms with van der Waals surface area (Å²) in [6.45, 7) is 3.42. The highest BCUT2D eigenvalue weighted by Crippen LogP contribution is 2.28. The van der Waals surface area contributed by atoms with E-state index < -0.39 is 10.1 Å². The van der Waals surface area contributed by atoms with Crippen LogP contribution in [0.4, 0.5) is 0 Å². The minimum absolute atomic E-state index is 0.114. The van der Waals surface area contributed by atoms with Crippen molar-refractivity contribution in [3.8, 4) is 11.1 Å². The van der Waals surface area contributed by atoms with Crippen LogP contribution in [0.5, 0.6) is 0 Å². The van der Waals surface area contributed by atoms with Crippen molar-refractivity contribution in [1.29, 1.82) is 0 Å². The Morgan fingerprint density at radius 2 is 1.96 bits per heavy atom. The van der Waals surface area contributed by atoms with Gasteiger partial charge in [-0.1, -0.05) is 49.4 Å². The highest BCUT2D eigenvalue weighted by Gasteiger charge is 2.28. The minimum atomic E-state index is -3.94. The van der Waals surface area contributed by atoms with Crippen LogP contribution in [-0.4, -0.2) is 38.2 Å². The SMILES string of the molecule is CC(COS(=O)(=O)c1nc2c(-c3ccccc3)cccc2[nH]1)C1COC1. The van der Waals surface area contributed by atoms with Crippen LogP contribution in [0.2, 0.25) is 0 Å². The van der Waals surface area contributed by atoms with Crippen LogP contribution in [0.25, 0.3) is 22.2 Å². The molecular weight excluding hydrogens is 352 g/mol. The van der Waals surface area contributed by atoms with Gasteiger partial charge in [0, 0.05) is 11.5 Å². The average molecular weight is 372 g/mol. The summed E-state index contributed by atoms with van der Waals surface area (Å²) in [6.07, 6.45) is 0. The van der Waals surface area contributed by atoms with Gasteiger partial charge in [-0.05, 0) is 17.5 Å². The van der Waals surface area contributed by atoms with Gasteiger partial charge in [0.15, 0.2) is 0 Å². The monoisotopic (exact) mass is 372 g/mol. The van der Waals surface area contributed by atoms with Crippen molar-refractivity contribution in [3.63, 3.8) is 0 Å². The Labute approximate surface area is 152 Å². The summed E-state index contributed by atoms with van der Waals surface area (Å²) in [5.74, 6) is 0.466. The Hall–Kier alpha value is -2.22. The van der Waals surface area contributed by atoms with Crippen LogP contribution in [0.1, 0.15) is 6.92 Å². The van der Waals surface area contributed by atoms with Crippen molar-refractivity contribution >= 4 is 21.2 Å². The number of imidazole rings is 1. The maximum atomic E-state index is 12.5. The quantitative estimate of drug-likeness (QED) is 0.672. The van der Waals surface area contributed by atoms with Gasteiger partial charge in [-0.2, -0.15) is 8.42 Å². The number of fused-ring (bicyclic) bond motifs is 1. The van der Waals surface area contributed by atoms with Crippen molar-refractivity contribution in [2.75, 3.05) is 19.8 Å². The number of benzene rings is 2. The van der Waals surface area contributed by atoms with E-state index in [2.05, 4.69) is 9.97 Å². The summed E-state index contributed by atoms with van der Waals surface area (Å²) in [7, 11) is -3.94. The second kappa shape index (κ2) is 6.83. The van der Waals surface area contributed by atoms with Crippen LogP contribution >= 0.6 is 0 Å². The summed E-state index contributed by atoms with van der Waals surface area (Å²) >= 11 is 0. The zero-order chi connectivity index (χ0) is 18.1. The molecule has 136 valence electrons. The molecule has 1 fully saturated rings. The van der Waals surface area contributed by atoms with Crippen molar-refractivity contribution in [2.45, 2.75) is 12.1 Å². The molecule has 0 amide bonds. The van der Waals surface area contributed by atoms with E-state index >= 15 is 0 Å². The molecular formula is C19H20N2O4S. The van der Waals surface area contributed by atoms with Crippen molar-refractivity contribution in [2.24, 2.45) is 11.8 Å². The Kier molecular flexibility index (Phi) is 4.52. The number of nitrogens with one attached hydrogen (secondary N) is 1. The fourth-order valence-corrected chi connectivity index (χ4v) is 3.89. The minimum Gasteiger partial charge on any atom is -0.381 e. The number of para-hydroxylation sites is 1. The smallest absolute Gasteiger partial charge is 0.331 e. The van der Waals surface area contributed by atoms with Crippen LogP contribution < -0.4 is 0 Å². The Morgan fingerprint density at radius 3 is 2.65 bits per heavy atom. The predicted molar refractivity (Wildman–Crippen MR) is 98.1 cm³/mol. The zero-order valence-electron chi connectivity index (χ0n) is 14.4. The number of aromatic nitrogens is 2. The molecule has 7 heteroatoms. The standard InChI is InChI=1S/C19H20N2O4S/c1-13(15-11-24-12-15)10-25-26(22,23)19-20-17-9-5-8-16(18(17)21-19)14-6-3-2-4-7-14/h2-9,13,15H,10-12H2,1H3,(H,20,21). The van der Waals surface area contributed by atoms with Gasteiger partial charge in [0.25, 0.3) is 5.16 Å². The Balaban J connectivity index is 1.62. The molecule has 2 aromatic carbocycles. The fourth-order valence-electron chi connectivity index (χ4n) is 2.95. The molecule has 4 rings (SSSR count). The first-order valence-electron chi connectivity index (χ1n) is 8.56. The molecule has 1 unspecified atom stereocenters. The molecule has 1 saturated heterocycles. The van der Waals surface area contributed by atoms with Crippen LogP contribution in [0, 0.1) is 11.8 Å². The maximum Gasteiger partial charge on any atom is 0.331 e. The van der Waals surface area contributed by atoms with E-state index in [1.807, 2.05) is 55.5 Å². The number of ether oxygens (including phenoxy) is 1. The average Bonchev–Trinajstić information content (AvgIpc) is 3.04. The van der Waals surface area contributed by atoms with Crippen LogP contribution in [-0.2, 0) is 19.0 Å². The Morgan fingerprint density at radius 1 is 1.19 bits per heavy atom. The molecule has 1 atom stereocenters. The number of rotatable bonds is 6. The number of aromatic amines is 1. The van der Waals surface area contributed by atoms with E-state index in [0.717, 1.165) is 11.1 Å². The molecule has 0 saturated carbocycles. The fraction of sp³-hybridized carbons (Fsp3) is 0.316. The largest absolute Gasteiger partial charge is 0.381 e. The lowest BCUT2D eigenvalue weighted by molar-refractivity contribution is -0.0641. The maximum absolute atomic E-state index is 12.5. The summed E-state index contributed by atoms with van der Waals surface area (Å²) in [6, 6.07) is 15.4. The lowest BCUT2D eigenvalue weighted by Crippen LogP contribution is -2.35. The van der Waals surface area contributed by atoms with E-state index in [-0.39, 0.29) is 17.7 Å². The van der Waals surface area contributed by atoms with Gasteiger partial charge in [-0.15, -0.1) is 0 Å². The second-order valence-electron chi connectivity index (χ2n) is 6.62. The lowest BCUT2D eigenvalue weighted by Gasteiger charge is -2.30. The van der Waals surface area contributed by atoms with Gasteiger partial charge in [0.2, 0.25) is 0 Å². The first kappa shape index (κ1) is 17.2. The third kappa shape index (κ3) is 3.25.